The first-order valence-electron chi connectivity index (χ1n) is 11.6. The van der Waals surface area contributed by atoms with Gasteiger partial charge in [0.1, 0.15) is 8.07 Å². The smallest absolute Gasteiger partial charge is 0.227 e. The average molecular weight is 455 g/mol. The number of hydrogen-bond donors (Lipinski definition) is 0. The molecular weight excluding hydrogens is 412 g/mol. The summed E-state index contributed by atoms with van der Waals surface area (Å²) in [5.41, 5.74) is 2.39. The Morgan fingerprint density at radius 2 is 0.781 bits per heavy atom. The molecule has 0 bridgehead atoms. The van der Waals surface area contributed by atoms with Crippen LogP contribution in [0.15, 0.2) is 36.8 Å². The van der Waals surface area contributed by atoms with Gasteiger partial charge in [-0.15, -0.1) is 0 Å². The van der Waals surface area contributed by atoms with E-state index in [0.29, 0.717) is 0 Å². The maximum atomic E-state index is 5.15. The summed E-state index contributed by atoms with van der Waals surface area (Å²) in [5, 5.41) is 15.4. The summed E-state index contributed by atoms with van der Waals surface area (Å²) in [6.45, 7) is 26.9. The van der Waals surface area contributed by atoms with Crippen molar-refractivity contribution >= 4 is 8.07 Å². The van der Waals surface area contributed by atoms with E-state index in [2.05, 4.69) is 133 Å². The Labute approximate surface area is 195 Å². The third kappa shape index (κ3) is 4.11. The van der Waals surface area contributed by atoms with E-state index in [4.69, 9.17) is 15.3 Å². The molecule has 6 nitrogen and oxygen atoms in total. The van der Waals surface area contributed by atoms with Crippen molar-refractivity contribution in [3.8, 4) is 0 Å². The summed E-state index contributed by atoms with van der Waals surface area (Å²) >= 11 is 0. The van der Waals surface area contributed by atoms with Gasteiger partial charge in [-0.05, 0) is 18.2 Å². The molecule has 3 aromatic heterocycles. The Kier molecular flexibility index (Phi) is 5.69. The second-order valence-electron chi connectivity index (χ2n) is 13.1. The normalized spacial score (nSPS) is 14.2. The fourth-order valence-electron chi connectivity index (χ4n) is 4.04. The highest BCUT2D eigenvalue weighted by atomic mass is 28.3. The Hall–Kier alpha value is -2.15. The lowest BCUT2D eigenvalue weighted by Gasteiger charge is -2.44. The molecule has 3 rings (SSSR count). The summed E-state index contributed by atoms with van der Waals surface area (Å²) in [7, 11) is -2.10. The van der Waals surface area contributed by atoms with E-state index in [1.54, 1.807) is 0 Å². The van der Waals surface area contributed by atoms with Crippen LogP contribution in [0.25, 0.3) is 0 Å². The van der Waals surface area contributed by atoms with E-state index in [1.165, 1.54) is 0 Å². The molecule has 0 fully saturated rings. The van der Waals surface area contributed by atoms with Gasteiger partial charge in [-0.25, -0.2) is 14.0 Å². The Balaban J connectivity index is 2.38. The van der Waals surface area contributed by atoms with E-state index in [0.717, 1.165) is 17.1 Å². The SMILES string of the molecule is CC(C)(C)c1ccn(C(n2ccc(C(C)(C)C)n2)(n2ccc(C(C)(C)C)n2)[Si](C)(C)C)n1. The largest absolute Gasteiger partial charge is 0.229 e. The fraction of sp³-hybridized carbons (Fsp3) is 0.640. The van der Waals surface area contributed by atoms with Gasteiger partial charge in [-0.1, -0.05) is 82.0 Å². The van der Waals surface area contributed by atoms with Gasteiger partial charge in [0.05, 0.1) is 17.1 Å². The van der Waals surface area contributed by atoms with E-state index in [1.807, 2.05) is 0 Å². The molecule has 0 amide bonds. The lowest BCUT2D eigenvalue weighted by molar-refractivity contribution is 0.203. The zero-order valence-corrected chi connectivity index (χ0v) is 23.1. The second-order valence-corrected chi connectivity index (χ2v) is 18.2. The maximum Gasteiger partial charge on any atom is 0.227 e. The number of nitrogens with zero attached hydrogens (tertiary/aromatic N) is 6. The quantitative estimate of drug-likeness (QED) is 0.471. The highest BCUT2D eigenvalue weighted by molar-refractivity contribution is 6.78. The summed E-state index contributed by atoms with van der Waals surface area (Å²) in [5.74, 6) is 0. The van der Waals surface area contributed by atoms with Gasteiger partial charge in [0, 0.05) is 34.8 Å². The second kappa shape index (κ2) is 7.44. The van der Waals surface area contributed by atoms with Crippen molar-refractivity contribution in [3.05, 3.63) is 53.9 Å². The first-order valence-corrected chi connectivity index (χ1v) is 15.1. The van der Waals surface area contributed by atoms with E-state index in [-0.39, 0.29) is 16.2 Å². The van der Waals surface area contributed by atoms with E-state index in [9.17, 15) is 0 Å². The molecule has 0 N–H and O–H groups in total. The predicted octanol–water partition coefficient (Wildman–Crippen LogP) is 5.75. The molecule has 0 aliphatic carbocycles. The van der Waals surface area contributed by atoms with E-state index < -0.39 is 13.5 Å². The van der Waals surface area contributed by atoms with E-state index >= 15 is 0 Å². The topological polar surface area (TPSA) is 53.5 Å². The third-order valence-electron chi connectivity index (χ3n) is 6.04. The average Bonchev–Trinajstić information content (AvgIpc) is 3.34. The van der Waals surface area contributed by atoms with Crippen LogP contribution in [0, 0.1) is 0 Å². The number of rotatable bonds is 4. The minimum absolute atomic E-state index is 0.0438. The molecule has 176 valence electrons. The van der Waals surface area contributed by atoms with Crippen molar-refractivity contribution in [2.45, 2.75) is 104 Å². The minimum Gasteiger partial charge on any atom is -0.229 e. The zero-order valence-electron chi connectivity index (χ0n) is 22.1. The van der Waals surface area contributed by atoms with Crippen LogP contribution >= 0.6 is 0 Å². The highest BCUT2D eigenvalue weighted by Crippen LogP contribution is 2.35. The summed E-state index contributed by atoms with van der Waals surface area (Å²) < 4.78 is 6.33. The van der Waals surface area contributed by atoms with Crippen LogP contribution in [-0.4, -0.2) is 37.4 Å². The van der Waals surface area contributed by atoms with Crippen LogP contribution < -0.4 is 0 Å². The van der Waals surface area contributed by atoms with Gasteiger partial charge < -0.3 is 0 Å². The molecule has 0 saturated carbocycles. The molecule has 0 aliphatic heterocycles. The van der Waals surface area contributed by atoms with Crippen LogP contribution in [0.3, 0.4) is 0 Å². The van der Waals surface area contributed by atoms with Crippen LogP contribution in [0.1, 0.15) is 79.4 Å². The molecule has 0 atom stereocenters. The van der Waals surface area contributed by atoms with Crippen molar-refractivity contribution in [2.75, 3.05) is 0 Å². The van der Waals surface area contributed by atoms with Crippen molar-refractivity contribution in [2.24, 2.45) is 0 Å². The summed E-state index contributed by atoms with van der Waals surface area (Å²) in [4.78, 5) is 0. The first-order chi connectivity index (χ1) is 14.4. The summed E-state index contributed by atoms with van der Waals surface area (Å²) in [6, 6.07) is 6.41. The van der Waals surface area contributed by atoms with Crippen molar-refractivity contribution in [3.63, 3.8) is 0 Å². The maximum absolute atomic E-state index is 5.15. The number of hydrogen-bond acceptors (Lipinski definition) is 3. The Morgan fingerprint density at radius 3 is 0.938 bits per heavy atom. The molecular formula is C25H42N6Si. The first kappa shape index (κ1) is 24.5. The van der Waals surface area contributed by atoms with Crippen LogP contribution in [0.2, 0.25) is 19.6 Å². The molecule has 0 radical (unpaired) electrons. The molecule has 7 heteroatoms. The minimum atomic E-state index is -2.10. The highest BCUT2D eigenvalue weighted by Gasteiger charge is 2.52. The van der Waals surface area contributed by atoms with Gasteiger partial charge in [0.25, 0.3) is 0 Å². The van der Waals surface area contributed by atoms with Crippen molar-refractivity contribution < 1.29 is 0 Å². The van der Waals surface area contributed by atoms with Gasteiger partial charge in [-0.2, -0.15) is 15.3 Å². The van der Waals surface area contributed by atoms with Crippen molar-refractivity contribution in [1.82, 2.24) is 29.3 Å². The van der Waals surface area contributed by atoms with Gasteiger partial charge >= 0.3 is 0 Å². The molecule has 0 aliphatic rings. The Bertz CT molecular complexity index is 946. The summed E-state index contributed by atoms with van der Waals surface area (Å²) in [6.07, 6.45) is 6.32. The van der Waals surface area contributed by atoms with Gasteiger partial charge in [0.2, 0.25) is 5.41 Å². The monoisotopic (exact) mass is 454 g/mol. The lowest BCUT2D eigenvalue weighted by atomic mass is 9.93. The van der Waals surface area contributed by atoms with Crippen molar-refractivity contribution in [1.29, 1.82) is 0 Å². The molecule has 0 unspecified atom stereocenters. The van der Waals surface area contributed by atoms with Crippen LogP contribution in [0.4, 0.5) is 0 Å². The third-order valence-corrected chi connectivity index (χ3v) is 8.74. The molecule has 3 heterocycles. The Morgan fingerprint density at radius 1 is 0.531 bits per heavy atom. The lowest BCUT2D eigenvalue weighted by Crippen LogP contribution is -2.64. The molecule has 0 saturated heterocycles. The molecule has 32 heavy (non-hydrogen) atoms. The fourth-order valence-corrected chi connectivity index (χ4v) is 6.47. The van der Waals surface area contributed by atoms with Gasteiger partial charge in [-0.3, -0.25) is 0 Å². The van der Waals surface area contributed by atoms with Crippen LogP contribution in [-0.2, 0) is 21.7 Å². The van der Waals surface area contributed by atoms with Gasteiger partial charge in [0.15, 0.2) is 0 Å². The zero-order chi connectivity index (χ0) is 24.3. The standard InChI is InChI=1S/C25H42N6Si/c1-22(2,3)19-13-16-29(26-19)25(32(10,11)12,30-17-14-20(27-30)23(4,5)6)31-18-15-21(28-31)24(7,8)9/h13-18H,1-12H3. The van der Waals surface area contributed by atoms with Crippen LogP contribution in [0.5, 0.6) is 0 Å². The molecule has 0 spiro atoms. The molecule has 0 aromatic carbocycles. The number of aromatic nitrogens is 6. The predicted molar refractivity (Wildman–Crippen MR) is 135 cm³/mol. The molecule has 3 aromatic rings.